The number of hydrogen-bond donors (Lipinski definition) is 2. The Morgan fingerprint density at radius 3 is 2.32 bits per heavy atom. The summed E-state index contributed by atoms with van der Waals surface area (Å²) in [5.74, 6) is -0.122. The van der Waals surface area contributed by atoms with Crippen molar-refractivity contribution < 1.29 is 14.3 Å². The van der Waals surface area contributed by atoms with Gasteiger partial charge in [-0.3, -0.25) is 9.59 Å². The van der Waals surface area contributed by atoms with Crippen LogP contribution >= 0.6 is 0 Å². The number of carbonyl (C=O) groups excluding carboxylic acids is 2. The molecule has 0 heterocycles. The molecule has 1 aromatic carbocycles. The summed E-state index contributed by atoms with van der Waals surface area (Å²) in [6, 6.07) is 6.94. The molecular formula is C16H25N3O3. The first-order chi connectivity index (χ1) is 10.6. The zero-order valence-corrected chi connectivity index (χ0v) is 13.5. The summed E-state index contributed by atoms with van der Waals surface area (Å²) in [6.07, 6.45) is 0. The van der Waals surface area contributed by atoms with E-state index in [1.54, 1.807) is 36.3 Å². The number of methoxy groups -OCH3 is 1. The van der Waals surface area contributed by atoms with Crippen LogP contribution in [-0.4, -0.2) is 56.6 Å². The molecule has 6 heteroatoms. The number of ether oxygens (including phenoxy) is 1. The van der Waals surface area contributed by atoms with Gasteiger partial charge in [-0.2, -0.15) is 0 Å². The van der Waals surface area contributed by atoms with Crippen LogP contribution < -0.4 is 10.6 Å². The first kappa shape index (κ1) is 18.1. The zero-order chi connectivity index (χ0) is 16.4. The smallest absolute Gasteiger partial charge is 0.253 e. The second-order valence-electron chi connectivity index (χ2n) is 4.77. The molecular weight excluding hydrogens is 282 g/mol. The van der Waals surface area contributed by atoms with Gasteiger partial charge in [0.1, 0.15) is 0 Å². The van der Waals surface area contributed by atoms with Crippen LogP contribution in [-0.2, 0) is 9.53 Å². The van der Waals surface area contributed by atoms with E-state index in [-0.39, 0.29) is 18.4 Å². The minimum absolute atomic E-state index is 0.00380. The number of nitrogens with one attached hydrogen (secondary N) is 2. The van der Waals surface area contributed by atoms with Crippen LogP contribution in [0.15, 0.2) is 24.3 Å². The molecule has 1 aromatic rings. The first-order valence-corrected chi connectivity index (χ1v) is 7.51. The molecule has 0 aliphatic heterocycles. The molecule has 122 valence electrons. The van der Waals surface area contributed by atoms with E-state index in [4.69, 9.17) is 4.74 Å². The molecule has 22 heavy (non-hydrogen) atoms. The van der Waals surface area contributed by atoms with E-state index < -0.39 is 0 Å². The lowest BCUT2D eigenvalue weighted by Crippen LogP contribution is -2.31. The van der Waals surface area contributed by atoms with Crippen molar-refractivity contribution in [1.82, 2.24) is 10.2 Å². The van der Waals surface area contributed by atoms with Gasteiger partial charge in [0.15, 0.2) is 0 Å². The van der Waals surface area contributed by atoms with Gasteiger partial charge >= 0.3 is 0 Å². The van der Waals surface area contributed by atoms with Crippen molar-refractivity contribution in [2.75, 3.05) is 45.2 Å². The molecule has 1 rings (SSSR count). The van der Waals surface area contributed by atoms with Gasteiger partial charge in [0, 0.05) is 38.0 Å². The molecule has 0 saturated heterocycles. The largest absolute Gasteiger partial charge is 0.383 e. The monoisotopic (exact) mass is 307 g/mol. The Balaban J connectivity index is 2.51. The molecule has 0 bridgehead atoms. The topological polar surface area (TPSA) is 70.7 Å². The van der Waals surface area contributed by atoms with E-state index in [2.05, 4.69) is 10.6 Å². The Bertz CT molecular complexity index is 470. The van der Waals surface area contributed by atoms with Crippen LogP contribution in [0.25, 0.3) is 0 Å². The number of anilines is 1. The van der Waals surface area contributed by atoms with E-state index in [0.29, 0.717) is 37.5 Å². The lowest BCUT2D eigenvalue weighted by atomic mass is 10.1. The highest BCUT2D eigenvalue weighted by molar-refractivity contribution is 5.96. The highest BCUT2D eigenvalue weighted by Gasteiger charge is 2.12. The van der Waals surface area contributed by atoms with Gasteiger partial charge in [0.2, 0.25) is 5.91 Å². The lowest BCUT2D eigenvalue weighted by molar-refractivity contribution is -0.115. The van der Waals surface area contributed by atoms with Crippen LogP contribution in [0.1, 0.15) is 24.2 Å². The maximum Gasteiger partial charge on any atom is 0.253 e. The highest BCUT2D eigenvalue weighted by Crippen LogP contribution is 2.11. The average molecular weight is 307 g/mol. The Kier molecular flexibility index (Phi) is 8.17. The summed E-state index contributed by atoms with van der Waals surface area (Å²) in [6.45, 7) is 6.68. The van der Waals surface area contributed by atoms with Crippen molar-refractivity contribution in [2.24, 2.45) is 0 Å². The molecule has 6 nitrogen and oxygen atoms in total. The maximum atomic E-state index is 12.2. The van der Waals surface area contributed by atoms with Gasteiger partial charge in [-0.1, -0.05) is 0 Å². The van der Waals surface area contributed by atoms with Crippen LogP contribution in [0.5, 0.6) is 0 Å². The molecule has 0 saturated carbocycles. The number of benzene rings is 1. The molecule has 0 radical (unpaired) electrons. The molecule has 0 aliphatic rings. The molecule has 0 fully saturated rings. The van der Waals surface area contributed by atoms with Gasteiger partial charge in [0.05, 0.1) is 13.2 Å². The maximum absolute atomic E-state index is 12.2. The van der Waals surface area contributed by atoms with Crippen molar-refractivity contribution in [1.29, 1.82) is 0 Å². The average Bonchev–Trinajstić information content (AvgIpc) is 2.53. The Morgan fingerprint density at radius 2 is 1.77 bits per heavy atom. The summed E-state index contributed by atoms with van der Waals surface area (Å²) in [7, 11) is 1.61. The minimum Gasteiger partial charge on any atom is -0.383 e. The number of hydrogen-bond acceptors (Lipinski definition) is 4. The van der Waals surface area contributed by atoms with Gasteiger partial charge in [0.25, 0.3) is 5.91 Å². The number of nitrogens with zero attached hydrogens (tertiary/aromatic N) is 1. The van der Waals surface area contributed by atoms with E-state index in [1.165, 1.54) is 0 Å². The molecule has 0 spiro atoms. The highest BCUT2D eigenvalue weighted by atomic mass is 16.5. The Labute approximate surface area is 131 Å². The standard InChI is InChI=1S/C16H25N3O3/c1-4-19(5-2)16(21)13-6-8-14(9-7-13)18-15(20)12-17-10-11-22-3/h6-9,17H,4-5,10-12H2,1-3H3,(H,18,20). The minimum atomic E-state index is -0.126. The van der Waals surface area contributed by atoms with E-state index >= 15 is 0 Å². The van der Waals surface area contributed by atoms with Crippen molar-refractivity contribution in [3.05, 3.63) is 29.8 Å². The van der Waals surface area contributed by atoms with Crippen LogP contribution in [0.3, 0.4) is 0 Å². The Morgan fingerprint density at radius 1 is 1.14 bits per heavy atom. The third kappa shape index (κ3) is 5.83. The number of rotatable bonds is 9. The summed E-state index contributed by atoms with van der Waals surface area (Å²) in [5, 5.41) is 5.74. The summed E-state index contributed by atoms with van der Waals surface area (Å²) in [4.78, 5) is 25.6. The van der Waals surface area contributed by atoms with Crippen molar-refractivity contribution in [3.63, 3.8) is 0 Å². The van der Waals surface area contributed by atoms with E-state index in [0.717, 1.165) is 0 Å². The predicted octanol–water partition coefficient (Wildman–Crippen LogP) is 1.34. The van der Waals surface area contributed by atoms with Crippen LogP contribution in [0.2, 0.25) is 0 Å². The summed E-state index contributed by atoms with van der Waals surface area (Å²) in [5.41, 5.74) is 1.30. The van der Waals surface area contributed by atoms with Crippen molar-refractivity contribution >= 4 is 17.5 Å². The van der Waals surface area contributed by atoms with Crippen LogP contribution in [0, 0.1) is 0 Å². The summed E-state index contributed by atoms with van der Waals surface area (Å²) < 4.78 is 4.89. The second-order valence-corrected chi connectivity index (χ2v) is 4.77. The van der Waals surface area contributed by atoms with Gasteiger partial charge < -0.3 is 20.3 Å². The van der Waals surface area contributed by atoms with Crippen molar-refractivity contribution in [3.8, 4) is 0 Å². The zero-order valence-electron chi connectivity index (χ0n) is 13.5. The van der Waals surface area contributed by atoms with E-state index in [9.17, 15) is 9.59 Å². The van der Waals surface area contributed by atoms with Crippen LogP contribution in [0.4, 0.5) is 5.69 Å². The molecule has 0 aliphatic carbocycles. The van der Waals surface area contributed by atoms with Gasteiger partial charge in [-0.05, 0) is 38.1 Å². The van der Waals surface area contributed by atoms with Gasteiger partial charge in [-0.25, -0.2) is 0 Å². The quantitative estimate of drug-likeness (QED) is 0.676. The third-order valence-electron chi connectivity index (χ3n) is 3.23. The lowest BCUT2D eigenvalue weighted by Gasteiger charge is -2.18. The molecule has 0 atom stereocenters. The fraction of sp³-hybridized carbons (Fsp3) is 0.500. The number of carbonyl (C=O) groups is 2. The van der Waals surface area contributed by atoms with Crippen molar-refractivity contribution in [2.45, 2.75) is 13.8 Å². The molecule has 0 aromatic heterocycles. The third-order valence-corrected chi connectivity index (χ3v) is 3.23. The SMILES string of the molecule is CCN(CC)C(=O)c1ccc(NC(=O)CNCCOC)cc1. The molecule has 0 unspecified atom stereocenters. The fourth-order valence-corrected chi connectivity index (χ4v) is 1.97. The summed E-state index contributed by atoms with van der Waals surface area (Å²) >= 11 is 0. The number of amides is 2. The molecule has 2 amide bonds. The normalized spacial score (nSPS) is 10.3. The Hall–Kier alpha value is -1.92. The van der Waals surface area contributed by atoms with E-state index in [1.807, 2.05) is 13.8 Å². The molecule has 2 N–H and O–H groups in total. The fourth-order valence-electron chi connectivity index (χ4n) is 1.97. The van der Waals surface area contributed by atoms with Gasteiger partial charge in [-0.15, -0.1) is 0 Å². The first-order valence-electron chi connectivity index (χ1n) is 7.51. The predicted molar refractivity (Wildman–Crippen MR) is 87.1 cm³/mol. The second kappa shape index (κ2) is 9.92.